The first-order valence-electron chi connectivity index (χ1n) is 5.56. The van der Waals surface area contributed by atoms with Gasteiger partial charge in [0.25, 0.3) is 0 Å². The molecule has 0 aromatic carbocycles. The molecule has 0 radical (unpaired) electrons. The maximum atomic E-state index is 6.11. The molecule has 0 atom stereocenters. The molecular formula is C12H13BrClN3S. The highest BCUT2D eigenvalue weighted by atomic mass is 79.9. The number of thiophene rings is 1. The molecule has 1 N–H and O–H groups in total. The smallest absolute Gasteiger partial charge is 0.138 e. The Balaban J connectivity index is 2.16. The monoisotopic (exact) mass is 345 g/mol. The Labute approximate surface area is 124 Å². The Morgan fingerprint density at radius 3 is 2.78 bits per heavy atom. The predicted octanol–water partition coefficient (Wildman–Crippen LogP) is 4.69. The molecule has 0 aliphatic carbocycles. The Morgan fingerprint density at radius 1 is 1.39 bits per heavy atom. The Bertz CT molecular complexity index is 542. The van der Waals surface area contributed by atoms with Gasteiger partial charge in [-0.2, -0.15) is 0 Å². The average Bonchev–Trinajstić information content (AvgIpc) is 2.72. The largest absolute Gasteiger partial charge is 0.365 e. The van der Waals surface area contributed by atoms with Crippen molar-refractivity contribution in [1.29, 1.82) is 0 Å². The van der Waals surface area contributed by atoms with Crippen LogP contribution < -0.4 is 5.32 Å². The fourth-order valence-corrected chi connectivity index (χ4v) is 3.42. The van der Waals surface area contributed by atoms with Crippen LogP contribution in [0, 0.1) is 0 Å². The topological polar surface area (TPSA) is 37.8 Å². The van der Waals surface area contributed by atoms with E-state index in [0.717, 1.165) is 21.7 Å². The first kappa shape index (κ1) is 13.8. The van der Waals surface area contributed by atoms with Gasteiger partial charge < -0.3 is 5.32 Å². The van der Waals surface area contributed by atoms with E-state index in [1.807, 2.05) is 6.07 Å². The van der Waals surface area contributed by atoms with Crippen LogP contribution in [-0.2, 0) is 6.54 Å². The highest BCUT2D eigenvalue weighted by Gasteiger charge is 2.13. The molecule has 18 heavy (non-hydrogen) atoms. The third-order valence-electron chi connectivity index (χ3n) is 2.47. The molecule has 0 aliphatic rings. The van der Waals surface area contributed by atoms with Crippen molar-refractivity contribution in [2.45, 2.75) is 26.3 Å². The number of nitrogens with zero attached hydrogens (tertiary/aromatic N) is 2. The Kier molecular flexibility index (Phi) is 4.59. The van der Waals surface area contributed by atoms with Crippen LogP contribution in [0.15, 0.2) is 22.2 Å². The van der Waals surface area contributed by atoms with Gasteiger partial charge in [0.1, 0.15) is 17.3 Å². The summed E-state index contributed by atoms with van der Waals surface area (Å²) in [6, 6.07) is 4.12. The maximum Gasteiger partial charge on any atom is 0.138 e. The van der Waals surface area contributed by atoms with E-state index in [-0.39, 0.29) is 5.92 Å². The molecule has 0 saturated carbocycles. The summed E-state index contributed by atoms with van der Waals surface area (Å²) in [5.41, 5.74) is 0.967. The highest BCUT2D eigenvalue weighted by molar-refractivity contribution is 9.11. The number of hydrogen-bond donors (Lipinski definition) is 1. The number of aromatic nitrogens is 2. The van der Waals surface area contributed by atoms with Gasteiger partial charge >= 0.3 is 0 Å². The quantitative estimate of drug-likeness (QED) is 0.816. The van der Waals surface area contributed by atoms with E-state index in [4.69, 9.17) is 11.6 Å². The zero-order chi connectivity index (χ0) is 13.1. The summed E-state index contributed by atoms with van der Waals surface area (Å²) in [7, 11) is 0. The first-order chi connectivity index (χ1) is 8.58. The molecule has 2 rings (SSSR count). The molecule has 0 bridgehead atoms. The first-order valence-corrected chi connectivity index (χ1v) is 7.55. The molecule has 2 heterocycles. The third-order valence-corrected chi connectivity index (χ3v) is 4.40. The number of halogens is 2. The second kappa shape index (κ2) is 5.99. The highest BCUT2D eigenvalue weighted by Crippen LogP contribution is 2.29. The van der Waals surface area contributed by atoms with Crippen molar-refractivity contribution in [1.82, 2.24) is 9.97 Å². The van der Waals surface area contributed by atoms with Crippen molar-refractivity contribution in [3.8, 4) is 0 Å². The van der Waals surface area contributed by atoms with Gasteiger partial charge in [0, 0.05) is 10.4 Å². The minimum Gasteiger partial charge on any atom is -0.365 e. The van der Waals surface area contributed by atoms with E-state index in [1.165, 1.54) is 11.2 Å². The number of rotatable bonds is 4. The standard InChI is InChI=1S/C12H13BrClN3S/c1-7(2)10-11(14)16-6-17-12(10)15-5-8-3-4-9(13)18-8/h3-4,6-7H,5H2,1-2H3,(H,15,16,17). The van der Waals surface area contributed by atoms with Crippen LogP contribution in [0.1, 0.15) is 30.2 Å². The number of hydrogen-bond acceptors (Lipinski definition) is 4. The van der Waals surface area contributed by atoms with E-state index in [1.54, 1.807) is 11.3 Å². The van der Waals surface area contributed by atoms with E-state index in [9.17, 15) is 0 Å². The Morgan fingerprint density at radius 2 is 2.17 bits per heavy atom. The second-order valence-corrected chi connectivity index (χ2v) is 7.05. The molecule has 6 heteroatoms. The molecule has 2 aromatic heterocycles. The lowest BCUT2D eigenvalue weighted by molar-refractivity contribution is 0.845. The molecule has 0 aliphatic heterocycles. The van der Waals surface area contributed by atoms with Crippen LogP contribution >= 0.6 is 38.9 Å². The molecule has 2 aromatic rings. The summed E-state index contributed by atoms with van der Waals surface area (Å²) < 4.78 is 1.13. The summed E-state index contributed by atoms with van der Waals surface area (Å²) in [5.74, 6) is 1.10. The van der Waals surface area contributed by atoms with E-state index < -0.39 is 0 Å². The van der Waals surface area contributed by atoms with Crippen LogP contribution in [0.5, 0.6) is 0 Å². The van der Waals surface area contributed by atoms with E-state index in [2.05, 4.69) is 51.1 Å². The lowest BCUT2D eigenvalue weighted by atomic mass is 10.1. The molecule has 96 valence electrons. The average molecular weight is 347 g/mol. The third kappa shape index (κ3) is 3.22. The van der Waals surface area contributed by atoms with Gasteiger partial charge in [0.15, 0.2) is 0 Å². The summed E-state index contributed by atoms with van der Waals surface area (Å²) in [6.07, 6.45) is 1.49. The maximum absolute atomic E-state index is 6.11. The van der Waals surface area contributed by atoms with E-state index >= 15 is 0 Å². The second-order valence-electron chi connectivity index (χ2n) is 4.14. The number of nitrogens with one attached hydrogen (secondary N) is 1. The lowest BCUT2D eigenvalue weighted by Crippen LogP contribution is -2.06. The van der Waals surface area contributed by atoms with E-state index in [0.29, 0.717) is 5.15 Å². The van der Waals surface area contributed by atoms with Crippen molar-refractivity contribution in [2.24, 2.45) is 0 Å². The predicted molar refractivity (Wildman–Crippen MR) is 80.5 cm³/mol. The minimum atomic E-state index is 0.288. The summed E-state index contributed by atoms with van der Waals surface area (Å²) >= 11 is 11.3. The summed E-state index contributed by atoms with van der Waals surface area (Å²) in [4.78, 5) is 9.54. The lowest BCUT2D eigenvalue weighted by Gasteiger charge is -2.13. The van der Waals surface area contributed by atoms with Gasteiger partial charge in [-0.15, -0.1) is 11.3 Å². The summed E-state index contributed by atoms with van der Waals surface area (Å²) in [5, 5.41) is 3.84. The van der Waals surface area contributed by atoms with Crippen molar-refractivity contribution in [3.05, 3.63) is 37.8 Å². The van der Waals surface area contributed by atoms with Crippen molar-refractivity contribution in [2.75, 3.05) is 5.32 Å². The van der Waals surface area contributed by atoms with Gasteiger partial charge in [0.05, 0.1) is 10.3 Å². The minimum absolute atomic E-state index is 0.288. The van der Waals surface area contributed by atoms with Gasteiger partial charge in [-0.05, 0) is 34.0 Å². The van der Waals surface area contributed by atoms with Crippen LogP contribution in [0.3, 0.4) is 0 Å². The molecular weight excluding hydrogens is 334 g/mol. The van der Waals surface area contributed by atoms with Gasteiger partial charge in [-0.25, -0.2) is 9.97 Å². The van der Waals surface area contributed by atoms with Crippen LogP contribution in [-0.4, -0.2) is 9.97 Å². The fraction of sp³-hybridized carbons (Fsp3) is 0.333. The van der Waals surface area contributed by atoms with Crippen LogP contribution in [0.25, 0.3) is 0 Å². The van der Waals surface area contributed by atoms with Crippen LogP contribution in [0.4, 0.5) is 5.82 Å². The van der Waals surface area contributed by atoms with Crippen molar-refractivity contribution >= 4 is 44.7 Å². The zero-order valence-electron chi connectivity index (χ0n) is 10.1. The normalized spacial score (nSPS) is 10.9. The Hall–Kier alpha value is -0.650. The van der Waals surface area contributed by atoms with Crippen LogP contribution in [0.2, 0.25) is 5.15 Å². The van der Waals surface area contributed by atoms with Gasteiger partial charge in [0.2, 0.25) is 0 Å². The SMILES string of the molecule is CC(C)c1c(Cl)ncnc1NCc1ccc(Br)s1. The van der Waals surface area contributed by atoms with Crippen molar-refractivity contribution in [3.63, 3.8) is 0 Å². The molecule has 0 saturated heterocycles. The molecule has 0 fully saturated rings. The molecule has 0 spiro atoms. The van der Waals surface area contributed by atoms with Crippen molar-refractivity contribution < 1.29 is 0 Å². The number of anilines is 1. The van der Waals surface area contributed by atoms with Gasteiger partial charge in [-0.3, -0.25) is 0 Å². The van der Waals surface area contributed by atoms with Gasteiger partial charge in [-0.1, -0.05) is 25.4 Å². The molecule has 0 amide bonds. The zero-order valence-corrected chi connectivity index (χ0v) is 13.2. The molecule has 0 unspecified atom stereocenters. The fourth-order valence-electron chi connectivity index (χ4n) is 1.64. The summed E-state index contributed by atoms with van der Waals surface area (Å²) in [6.45, 7) is 4.90. The molecule has 3 nitrogen and oxygen atoms in total.